The summed E-state index contributed by atoms with van der Waals surface area (Å²) in [5.41, 5.74) is 5.24. The van der Waals surface area contributed by atoms with Gasteiger partial charge in [0.25, 0.3) is 5.91 Å². The zero-order valence-electron chi connectivity index (χ0n) is 21.9. The molecule has 0 radical (unpaired) electrons. The first-order valence-electron chi connectivity index (χ1n) is 12.7. The van der Waals surface area contributed by atoms with Gasteiger partial charge in [0.1, 0.15) is 11.8 Å². The number of unbranched alkanes of at least 4 members (excludes halogenated alkanes) is 1. The topological polar surface area (TPSA) is 58.6 Å². The molecule has 3 aromatic carbocycles. The third kappa shape index (κ3) is 7.98. The molecule has 2 amide bonds. The quantitative estimate of drug-likeness (QED) is 0.342. The molecule has 5 nitrogen and oxygen atoms in total. The lowest BCUT2D eigenvalue weighted by molar-refractivity contribution is -0.142. The van der Waals surface area contributed by atoms with Gasteiger partial charge < -0.3 is 15.0 Å². The van der Waals surface area contributed by atoms with Gasteiger partial charge in [0.2, 0.25) is 5.91 Å². The normalized spacial score (nSPS) is 11.6. The summed E-state index contributed by atoms with van der Waals surface area (Å²) < 4.78 is 5.95. The highest BCUT2D eigenvalue weighted by molar-refractivity contribution is 5.88. The average Bonchev–Trinajstić information content (AvgIpc) is 2.87. The van der Waals surface area contributed by atoms with E-state index in [9.17, 15) is 9.59 Å². The third-order valence-electron chi connectivity index (χ3n) is 6.26. The Morgan fingerprint density at radius 1 is 0.889 bits per heavy atom. The van der Waals surface area contributed by atoms with Gasteiger partial charge in [-0.05, 0) is 49.9 Å². The van der Waals surface area contributed by atoms with Gasteiger partial charge in [-0.1, -0.05) is 91.2 Å². The highest BCUT2D eigenvalue weighted by Crippen LogP contribution is 2.20. The standard InChI is InChI=1S/C31H38N2O3/c1-5-6-18-32-31(35)28(20-26-10-8-7-9-11-26)33(21-27-15-12-23(2)13-16-27)30(34)22-36-29-17-14-24(3)19-25(29)4/h7-17,19,28H,5-6,18,20-22H2,1-4H3,(H,32,35)/t28-/m1/s1. The van der Waals surface area contributed by atoms with Gasteiger partial charge in [-0.15, -0.1) is 0 Å². The molecule has 0 saturated carbocycles. The maximum Gasteiger partial charge on any atom is 0.261 e. The number of hydrogen-bond donors (Lipinski definition) is 1. The van der Waals surface area contributed by atoms with Crippen molar-refractivity contribution < 1.29 is 14.3 Å². The molecule has 3 aromatic rings. The van der Waals surface area contributed by atoms with Crippen LogP contribution in [0.25, 0.3) is 0 Å². The van der Waals surface area contributed by atoms with Crippen molar-refractivity contribution in [2.45, 2.75) is 59.5 Å². The highest BCUT2D eigenvalue weighted by Gasteiger charge is 2.30. The Balaban J connectivity index is 1.88. The monoisotopic (exact) mass is 486 g/mol. The molecule has 0 bridgehead atoms. The van der Waals surface area contributed by atoms with Crippen molar-refractivity contribution in [2.24, 2.45) is 0 Å². The van der Waals surface area contributed by atoms with Crippen molar-refractivity contribution in [1.82, 2.24) is 10.2 Å². The Kier molecular flexibility index (Phi) is 10.1. The second-order valence-corrected chi connectivity index (χ2v) is 9.41. The number of nitrogens with one attached hydrogen (secondary N) is 1. The van der Waals surface area contributed by atoms with E-state index in [1.165, 1.54) is 0 Å². The molecule has 0 unspecified atom stereocenters. The fourth-order valence-electron chi connectivity index (χ4n) is 4.13. The third-order valence-corrected chi connectivity index (χ3v) is 6.26. The summed E-state index contributed by atoms with van der Waals surface area (Å²) in [6, 6.07) is 23.2. The van der Waals surface area contributed by atoms with E-state index in [4.69, 9.17) is 4.74 Å². The lowest BCUT2D eigenvalue weighted by Crippen LogP contribution is -2.51. The minimum atomic E-state index is -0.652. The molecule has 0 aromatic heterocycles. The maximum absolute atomic E-state index is 13.7. The number of nitrogens with zero attached hydrogens (tertiary/aromatic N) is 1. The van der Waals surface area contributed by atoms with Crippen LogP contribution in [0.1, 0.15) is 47.6 Å². The molecule has 0 heterocycles. The van der Waals surface area contributed by atoms with Crippen LogP contribution < -0.4 is 10.1 Å². The first-order chi connectivity index (χ1) is 17.4. The number of carbonyl (C=O) groups is 2. The molecule has 1 N–H and O–H groups in total. The Hall–Kier alpha value is -3.60. The summed E-state index contributed by atoms with van der Waals surface area (Å²) in [7, 11) is 0. The Bertz CT molecular complexity index is 1130. The molecule has 3 rings (SSSR count). The number of hydrogen-bond acceptors (Lipinski definition) is 3. The molecular formula is C31H38N2O3. The van der Waals surface area contributed by atoms with Gasteiger partial charge in [-0.3, -0.25) is 9.59 Å². The molecule has 0 saturated heterocycles. The second-order valence-electron chi connectivity index (χ2n) is 9.41. The van der Waals surface area contributed by atoms with Gasteiger partial charge in [-0.2, -0.15) is 0 Å². The van der Waals surface area contributed by atoms with E-state index in [2.05, 4.69) is 12.2 Å². The lowest BCUT2D eigenvalue weighted by Gasteiger charge is -2.31. The predicted molar refractivity (Wildman–Crippen MR) is 145 cm³/mol. The summed E-state index contributed by atoms with van der Waals surface area (Å²) in [5, 5.41) is 3.05. The molecule has 5 heteroatoms. The number of ether oxygens (including phenoxy) is 1. The molecule has 0 fully saturated rings. The first-order valence-corrected chi connectivity index (χ1v) is 12.7. The summed E-state index contributed by atoms with van der Waals surface area (Å²) >= 11 is 0. The van der Waals surface area contributed by atoms with Crippen molar-refractivity contribution in [3.8, 4) is 5.75 Å². The van der Waals surface area contributed by atoms with Crippen molar-refractivity contribution in [3.63, 3.8) is 0 Å². The summed E-state index contributed by atoms with van der Waals surface area (Å²) in [6.45, 7) is 8.89. The highest BCUT2D eigenvalue weighted by atomic mass is 16.5. The fraction of sp³-hybridized carbons (Fsp3) is 0.355. The van der Waals surface area contributed by atoms with Crippen molar-refractivity contribution in [3.05, 3.63) is 101 Å². The Morgan fingerprint density at radius 3 is 2.25 bits per heavy atom. The van der Waals surface area contributed by atoms with Crippen LogP contribution in [0.3, 0.4) is 0 Å². The van der Waals surface area contributed by atoms with E-state index < -0.39 is 6.04 Å². The van der Waals surface area contributed by atoms with Crippen molar-refractivity contribution >= 4 is 11.8 Å². The molecule has 190 valence electrons. The second kappa shape index (κ2) is 13.5. The Morgan fingerprint density at radius 2 is 1.58 bits per heavy atom. The van der Waals surface area contributed by atoms with E-state index in [0.717, 1.165) is 40.7 Å². The minimum Gasteiger partial charge on any atom is -0.483 e. The van der Waals surface area contributed by atoms with Crippen LogP contribution >= 0.6 is 0 Å². The van der Waals surface area contributed by atoms with Crippen LogP contribution in [0, 0.1) is 20.8 Å². The zero-order chi connectivity index (χ0) is 25.9. The van der Waals surface area contributed by atoms with Gasteiger partial charge in [-0.25, -0.2) is 0 Å². The summed E-state index contributed by atoms with van der Waals surface area (Å²) in [4.78, 5) is 28.8. The number of benzene rings is 3. The molecule has 0 spiro atoms. The summed E-state index contributed by atoms with van der Waals surface area (Å²) in [5.74, 6) is 0.317. The van der Waals surface area contributed by atoms with Crippen LogP contribution in [-0.4, -0.2) is 35.9 Å². The zero-order valence-corrected chi connectivity index (χ0v) is 21.9. The lowest BCUT2D eigenvalue weighted by atomic mass is 10.0. The van der Waals surface area contributed by atoms with Crippen LogP contribution in [-0.2, 0) is 22.6 Å². The van der Waals surface area contributed by atoms with E-state index in [1.807, 2.05) is 93.6 Å². The maximum atomic E-state index is 13.7. The van der Waals surface area contributed by atoms with Crippen LogP contribution in [0.15, 0.2) is 72.8 Å². The largest absolute Gasteiger partial charge is 0.483 e. The smallest absolute Gasteiger partial charge is 0.261 e. The first kappa shape index (κ1) is 27.0. The van der Waals surface area contributed by atoms with Crippen molar-refractivity contribution in [2.75, 3.05) is 13.2 Å². The SMILES string of the molecule is CCCCNC(=O)[C@@H](Cc1ccccc1)N(Cc1ccc(C)cc1)C(=O)COc1ccc(C)cc1C. The van der Waals surface area contributed by atoms with E-state index in [0.29, 0.717) is 25.3 Å². The Labute approximate surface area is 215 Å². The number of amides is 2. The van der Waals surface area contributed by atoms with E-state index >= 15 is 0 Å². The molecular weight excluding hydrogens is 448 g/mol. The average molecular weight is 487 g/mol. The number of aryl methyl sites for hydroxylation is 3. The summed E-state index contributed by atoms with van der Waals surface area (Å²) in [6.07, 6.45) is 2.31. The minimum absolute atomic E-state index is 0.136. The van der Waals surface area contributed by atoms with Crippen molar-refractivity contribution in [1.29, 1.82) is 0 Å². The van der Waals surface area contributed by atoms with Gasteiger partial charge >= 0.3 is 0 Å². The van der Waals surface area contributed by atoms with E-state index in [-0.39, 0.29) is 18.4 Å². The van der Waals surface area contributed by atoms with Gasteiger partial charge in [0.05, 0.1) is 0 Å². The van der Waals surface area contributed by atoms with Crippen LogP contribution in [0.4, 0.5) is 0 Å². The molecule has 0 aliphatic rings. The van der Waals surface area contributed by atoms with Crippen LogP contribution in [0.2, 0.25) is 0 Å². The fourth-order valence-corrected chi connectivity index (χ4v) is 4.13. The molecule has 1 atom stereocenters. The molecule has 0 aliphatic carbocycles. The van der Waals surface area contributed by atoms with Gasteiger partial charge in [0, 0.05) is 19.5 Å². The van der Waals surface area contributed by atoms with E-state index in [1.54, 1.807) is 4.90 Å². The van der Waals surface area contributed by atoms with Gasteiger partial charge in [0.15, 0.2) is 6.61 Å². The van der Waals surface area contributed by atoms with Crippen LogP contribution in [0.5, 0.6) is 5.75 Å². The number of carbonyl (C=O) groups excluding carboxylic acids is 2. The predicted octanol–water partition coefficient (Wildman–Crippen LogP) is 5.55. The number of rotatable bonds is 12. The molecule has 36 heavy (non-hydrogen) atoms. The molecule has 0 aliphatic heterocycles.